The van der Waals surface area contributed by atoms with Gasteiger partial charge in [-0.25, -0.2) is 8.78 Å². The van der Waals surface area contributed by atoms with Gasteiger partial charge in [-0.3, -0.25) is 0 Å². The molecule has 0 radical (unpaired) electrons. The van der Waals surface area contributed by atoms with Gasteiger partial charge < -0.3 is 0 Å². The van der Waals surface area contributed by atoms with Gasteiger partial charge in [-0.05, 0) is 24.6 Å². The predicted octanol–water partition coefficient (Wildman–Crippen LogP) is 2.94. The van der Waals surface area contributed by atoms with Gasteiger partial charge >= 0.3 is 0 Å². The first-order valence-electron chi connectivity index (χ1n) is 4.11. The quantitative estimate of drug-likeness (QED) is 0.294. The number of halogens is 2. The highest BCUT2D eigenvalue weighted by molar-refractivity contribution is 5.41. The van der Waals surface area contributed by atoms with Gasteiger partial charge in [-0.2, -0.15) is 0 Å². The van der Waals surface area contributed by atoms with E-state index in [1.807, 2.05) is 0 Å². The highest BCUT2D eigenvalue weighted by Gasteiger charge is 2.07. The van der Waals surface area contributed by atoms with Crippen LogP contribution in [0.5, 0.6) is 0 Å². The summed E-state index contributed by atoms with van der Waals surface area (Å²) in [7, 11) is 0. The maximum absolute atomic E-state index is 13.0. The smallest absolute Gasteiger partial charge is 0.162 e. The van der Waals surface area contributed by atoms with E-state index in [0.29, 0.717) is 5.56 Å². The summed E-state index contributed by atoms with van der Waals surface area (Å²) < 4.78 is 25.8. The van der Waals surface area contributed by atoms with Crippen LogP contribution < -0.4 is 0 Å². The lowest BCUT2D eigenvalue weighted by molar-refractivity contribution is 0.502. The summed E-state index contributed by atoms with van der Waals surface area (Å²) in [6, 6.07) is 2.40. The van der Waals surface area contributed by atoms with Crippen molar-refractivity contribution in [2.75, 3.05) is 6.54 Å². The first-order valence-corrected chi connectivity index (χ1v) is 4.11. The van der Waals surface area contributed by atoms with Crippen LogP contribution in [0.3, 0.4) is 0 Å². The summed E-state index contributed by atoms with van der Waals surface area (Å²) in [6.45, 7) is 1.45. The minimum absolute atomic E-state index is 0.00886. The minimum atomic E-state index is -0.898. The lowest BCUT2D eigenvalue weighted by Gasteiger charge is -1.99. The molecule has 0 aliphatic rings. The van der Waals surface area contributed by atoms with Crippen LogP contribution in [-0.2, 0) is 0 Å². The highest BCUT2D eigenvalue weighted by Crippen LogP contribution is 2.14. The molecule has 0 heterocycles. The Balaban J connectivity index is 2.99. The molecule has 1 aromatic carbocycles. The van der Waals surface area contributed by atoms with Crippen molar-refractivity contribution < 1.29 is 8.78 Å². The van der Waals surface area contributed by atoms with Crippen molar-refractivity contribution >= 4 is 0 Å². The molecule has 0 fully saturated rings. The molecule has 1 rings (SSSR count). The van der Waals surface area contributed by atoms with Crippen LogP contribution in [0.2, 0.25) is 0 Å². The second-order valence-corrected chi connectivity index (χ2v) is 2.72. The normalized spacial score (nSPS) is 8.73. The number of benzene rings is 1. The molecule has 0 saturated carbocycles. The van der Waals surface area contributed by atoms with Gasteiger partial charge in [0.15, 0.2) is 11.6 Å². The fraction of sp³-hybridized carbons (Fsp3) is 0.200. The lowest BCUT2D eigenvalue weighted by atomic mass is 10.1. The molecule has 15 heavy (non-hydrogen) atoms. The topological polar surface area (TPSA) is 48.8 Å². The highest BCUT2D eigenvalue weighted by atomic mass is 19.2. The molecule has 1 aromatic rings. The Morgan fingerprint density at radius 1 is 1.47 bits per heavy atom. The van der Waals surface area contributed by atoms with Crippen molar-refractivity contribution in [1.29, 1.82) is 0 Å². The Morgan fingerprint density at radius 2 is 2.20 bits per heavy atom. The first kappa shape index (κ1) is 11.0. The maximum Gasteiger partial charge on any atom is 0.162 e. The van der Waals surface area contributed by atoms with Crippen LogP contribution in [0.4, 0.5) is 8.78 Å². The zero-order valence-electron chi connectivity index (χ0n) is 7.96. The molecule has 0 saturated heterocycles. The summed E-state index contributed by atoms with van der Waals surface area (Å²) in [6.07, 6.45) is 0. The van der Waals surface area contributed by atoms with Crippen LogP contribution in [0.25, 0.3) is 10.4 Å². The van der Waals surface area contributed by atoms with E-state index in [4.69, 9.17) is 5.53 Å². The average Bonchev–Trinajstić information content (AvgIpc) is 2.24. The lowest BCUT2D eigenvalue weighted by Crippen LogP contribution is -1.92. The largest absolute Gasteiger partial charge is 0.204 e. The van der Waals surface area contributed by atoms with E-state index in [2.05, 4.69) is 21.9 Å². The third kappa shape index (κ3) is 2.70. The van der Waals surface area contributed by atoms with Gasteiger partial charge in [0.05, 0.1) is 6.54 Å². The Morgan fingerprint density at radius 3 is 2.87 bits per heavy atom. The number of rotatable bonds is 1. The SMILES string of the molecule is Cc1c(C#CCN=[N+]=[N-])ccc(F)c1F. The van der Waals surface area contributed by atoms with Gasteiger partial charge in [-0.15, -0.1) is 0 Å². The van der Waals surface area contributed by atoms with E-state index in [-0.39, 0.29) is 12.1 Å². The van der Waals surface area contributed by atoms with Crippen molar-refractivity contribution in [2.45, 2.75) is 6.92 Å². The molecule has 0 spiro atoms. The number of azide groups is 1. The first-order chi connectivity index (χ1) is 7.16. The van der Waals surface area contributed by atoms with Crippen LogP contribution in [-0.4, -0.2) is 6.54 Å². The van der Waals surface area contributed by atoms with Crippen LogP contribution in [0.1, 0.15) is 11.1 Å². The van der Waals surface area contributed by atoms with Gasteiger partial charge in [0.1, 0.15) is 0 Å². The fourth-order valence-corrected chi connectivity index (χ4v) is 0.989. The number of nitrogens with zero attached hydrogens (tertiary/aromatic N) is 3. The molecule has 76 valence electrons. The maximum atomic E-state index is 13.0. The molecule has 0 amide bonds. The van der Waals surface area contributed by atoms with E-state index < -0.39 is 11.6 Å². The summed E-state index contributed by atoms with van der Waals surface area (Å²) in [4.78, 5) is 2.51. The Kier molecular flexibility index (Phi) is 3.67. The minimum Gasteiger partial charge on any atom is -0.204 e. The predicted molar refractivity (Wildman–Crippen MR) is 52.0 cm³/mol. The van der Waals surface area contributed by atoms with Crippen LogP contribution in [0, 0.1) is 30.4 Å². The Bertz CT molecular complexity index is 479. The van der Waals surface area contributed by atoms with Crippen LogP contribution in [0.15, 0.2) is 17.2 Å². The van der Waals surface area contributed by atoms with Crippen molar-refractivity contribution in [1.82, 2.24) is 0 Å². The van der Waals surface area contributed by atoms with Gasteiger partial charge in [0, 0.05) is 16.0 Å². The molecule has 0 unspecified atom stereocenters. The van der Waals surface area contributed by atoms with Crippen molar-refractivity contribution in [3.05, 3.63) is 45.3 Å². The fourth-order valence-electron chi connectivity index (χ4n) is 0.989. The van der Waals surface area contributed by atoms with Crippen molar-refractivity contribution in [3.63, 3.8) is 0 Å². The summed E-state index contributed by atoms with van der Waals surface area (Å²) in [5, 5.41) is 3.20. The van der Waals surface area contributed by atoms with Gasteiger partial charge in [0.25, 0.3) is 0 Å². The van der Waals surface area contributed by atoms with E-state index in [1.165, 1.54) is 13.0 Å². The Labute approximate surface area is 85.4 Å². The van der Waals surface area contributed by atoms with E-state index in [1.54, 1.807) is 0 Å². The van der Waals surface area contributed by atoms with Gasteiger partial charge in [0.2, 0.25) is 0 Å². The molecule has 0 aliphatic heterocycles. The Hall–Kier alpha value is -2.05. The molecule has 0 aromatic heterocycles. The van der Waals surface area contributed by atoms with Crippen molar-refractivity contribution in [3.8, 4) is 11.8 Å². The molecular formula is C10H7F2N3. The summed E-state index contributed by atoms with van der Waals surface area (Å²) in [5.74, 6) is 3.33. The standard InChI is InChI=1S/C10H7F2N3/c1-7-8(3-2-6-14-15-13)4-5-9(11)10(7)12/h4-5H,6H2,1H3. The average molecular weight is 207 g/mol. The monoisotopic (exact) mass is 207 g/mol. The zero-order chi connectivity index (χ0) is 11.3. The van der Waals surface area contributed by atoms with E-state index in [9.17, 15) is 8.78 Å². The number of hydrogen-bond donors (Lipinski definition) is 0. The molecule has 0 N–H and O–H groups in total. The molecule has 0 bridgehead atoms. The van der Waals surface area contributed by atoms with E-state index >= 15 is 0 Å². The molecule has 5 heteroatoms. The molecule has 0 atom stereocenters. The van der Waals surface area contributed by atoms with Crippen molar-refractivity contribution in [2.24, 2.45) is 5.11 Å². The van der Waals surface area contributed by atoms with Gasteiger partial charge in [-0.1, -0.05) is 17.0 Å². The second kappa shape index (κ2) is 4.99. The third-order valence-electron chi connectivity index (χ3n) is 1.78. The second-order valence-electron chi connectivity index (χ2n) is 2.72. The summed E-state index contributed by atoms with van der Waals surface area (Å²) in [5.41, 5.74) is 8.53. The van der Waals surface area contributed by atoms with Crippen LogP contribution >= 0.6 is 0 Å². The molecular weight excluding hydrogens is 200 g/mol. The molecule has 3 nitrogen and oxygen atoms in total. The van der Waals surface area contributed by atoms with E-state index in [0.717, 1.165) is 6.07 Å². The molecule has 0 aliphatic carbocycles. The third-order valence-corrected chi connectivity index (χ3v) is 1.78. The summed E-state index contributed by atoms with van der Waals surface area (Å²) >= 11 is 0. The number of hydrogen-bond acceptors (Lipinski definition) is 1. The zero-order valence-corrected chi connectivity index (χ0v) is 7.96.